The number of hydrogen-bond donors (Lipinski definition) is 0. The van der Waals surface area contributed by atoms with Gasteiger partial charge in [0, 0.05) is 19.3 Å². The van der Waals surface area contributed by atoms with E-state index in [1.807, 2.05) is 0 Å². The fourth-order valence-electron chi connectivity index (χ4n) is 8.20. The number of allylic oxidation sites excluding steroid dienone is 8. The van der Waals surface area contributed by atoms with Crippen molar-refractivity contribution in [3.8, 4) is 0 Å². The predicted molar refractivity (Wildman–Crippen MR) is 277 cm³/mol. The zero-order valence-electron chi connectivity index (χ0n) is 43.9. The Kier molecular flexibility index (Phi) is 46.7. The summed E-state index contributed by atoms with van der Waals surface area (Å²) in [6, 6.07) is -0.729. The number of nitrogens with zero attached hydrogens (tertiary/aromatic N) is 1. The van der Waals surface area contributed by atoms with Crippen LogP contribution in [0.2, 0.25) is 0 Å². The lowest BCUT2D eigenvalue weighted by Gasteiger charge is -2.34. The van der Waals surface area contributed by atoms with Crippen molar-refractivity contribution in [2.45, 2.75) is 264 Å². The van der Waals surface area contributed by atoms with Gasteiger partial charge in [-0.25, -0.2) is 0 Å². The van der Waals surface area contributed by atoms with Crippen molar-refractivity contribution in [1.29, 1.82) is 0 Å². The molecule has 8 heteroatoms. The zero-order valence-corrected chi connectivity index (χ0v) is 43.9. The average Bonchev–Trinajstić information content (AvgIpc) is 3.28. The van der Waals surface area contributed by atoms with Crippen LogP contribution < -0.4 is 5.11 Å². The maximum absolute atomic E-state index is 12.8. The number of carbonyl (C=O) groups is 3. The second kappa shape index (κ2) is 48.7. The van der Waals surface area contributed by atoms with Crippen molar-refractivity contribution < 1.29 is 38.2 Å². The third kappa shape index (κ3) is 46.4. The van der Waals surface area contributed by atoms with Gasteiger partial charge in [-0.3, -0.25) is 9.59 Å². The van der Waals surface area contributed by atoms with Crippen LogP contribution in [-0.4, -0.2) is 75.5 Å². The van der Waals surface area contributed by atoms with E-state index in [1.165, 1.54) is 154 Å². The molecule has 0 radical (unpaired) electrons. The highest BCUT2D eigenvalue weighted by molar-refractivity contribution is 5.70. The lowest BCUT2D eigenvalue weighted by molar-refractivity contribution is -0.889. The fraction of sp³-hybridized carbons (Fsp3) is 0.810. The van der Waals surface area contributed by atoms with E-state index in [0.29, 0.717) is 12.8 Å². The molecule has 2 unspecified atom stereocenters. The normalized spacial score (nSPS) is 13.2. The summed E-state index contributed by atoms with van der Waals surface area (Å²) in [6.07, 6.45) is 60.1. The molecule has 66 heavy (non-hydrogen) atoms. The molecule has 0 heterocycles. The van der Waals surface area contributed by atoms with Gasteiger partial charge < -0.3 is 28.6 Å². The number of quaternary nitrogens is 1. The van der Waals surface area contributed by atoms with Gasteiger partial charge in [-0.05, 0) is 70.6 Å². The number of carboxylic acids is 1. The van der Waals surface area contributed by atoms with Crippen LogP contribution in [0.5, 0.6) is 0 Å². The van der Waals surface area contributed by atoms with Crippen LogP contribution in [0.15, 0.2) is 48.6 Å². The van der Waals surface area contributed by atoms with Crippen LogP contribution >= 0.6 is 0 Å². The number of esters is 2. The Morgan fingerprint density at radius 2 is 0.848 bits per heavy atom. The maximum atomic E-state index is 12.8. The molecule has 384 valence electrons. The third-order valence-corrected chi connectivity index (χ3v) is 12.4. The standard InChI is InChI=1S/C58H105NO7/c1-6-8-10-12-14-16-18-20-22-24-26-27-28-29-31-32-34-36-38-40-42-44-46-48-56(60)65-53-54(52-64-51-50-55(58(62)63)59(3,4)5)66-57(61)49-47-45-43-41-39-37-35-33-30-25-23-21-19-17-15-13-11-9-7-2/h9,11,15,17,21,23,29,31,54-55H,6-8,10,12-14,16,18-20,22,24-28,30,32-53H2,1-5H3/b11-9+,17-15+,23-21+,31-29+. The number of rotatable bonds is 50. The molecule has 0 aromatic rings. The highest BCUT2D eigenvalue weighted by Crippen LogP contribution is 2.16. The number of carbonyl (C=O) groups excluding carboxylic acids is 3. The minimum Gasteiger partial charge on any atom is -0.544 e. The minimum atomic E-state index is -1.12. The minimum absolute atomic E-state index is 0.0377. The number of likely N-dealkylation sites (N-methyl/N-ethyl adjacent to an activating group) is 1. The summed E-state index contributed by atoms with van der Waals surface area (Å²) >= 11 is 0. The number of aliphatic carboxylic acids is 1. The van der Waals surface area contributed by atoms with E-state index in [2.05, 4.69) is 62.5 Å². The first-order chi connectivity index (χ1) is 32.1. The van der Waals surface area contributed by atoms with E-state index >= 15 is 0 Å². The number of carboxylic acid groups (broad SMARTS) is 1. The van der Waals surface area contributed by atoms with Crippen LogP contribution in [-0.2, 0) is 28.6 Å². The Morgan fingerprint density at radius 3 is 1.27 bits per heavy atom. The summed E-state index contributed by atoms with van der Waals surface area (Å²) in [5, 5.41) is 11.7. The Morgan fingerprint density at radius 1 is 0.470 bits per heavy atom. The first-order valence-electron chi connectivity index (χ1n) is 27.7. The Balaban J connectivity index is 4.18. The Labute approximate surface area is 407 Å². The van der Waals surface area contributed by atoms with E-state index in [4.69, 9.17) is 14.2 Å². The Bertz CT molecular complexity index is 1220. The lowest BCUT2D eigenvalue weighted by atomic mass is 10.0. The summed E-state index contributed by atoms with van der Waals surface area (Å²) < 4.78 is 17.3. The van der Waals surface area contributed by atoms with Crippen LogP contribution in [0.3, 0.4) is 0 Å². The molecule has 2 atom stereocenters. The van der Waals surface area contributed by atoms with Gasteiger partial charge in [0.25, 0.3) is 0 Å². The molecule has 0 aromatic carbocycles. The molecule has 0 rings (SSSR count). The van der Waals surface area contributed by atoms with Crippen LogP contribution in [0.1, 0.15) is 251 Å². The molecule has 0 spiro atoms. The molecular weight excluding hydrogens is 823 g/mol. The summed E-state index contributed by atoms with van der Waals surface area (Å²) in [7, 11) is 5.42. The molecule has 0 saturated heterocycles. The van der Waals surface area contributed by atoms with Crippen molar-refractivity contribution in [2.75, 3.05) is 41.0 Å². The summed E-state index contributed by atoms with van der Waals surface area (Å²) in [6.45, 7) is 4.58. The monoisotopic (exact) mass is 928 g/mol. The maximum Gasteiger partial charge on any atom is 0.306 e. The van der Waals surface area contributed by atoms with E-state index in [9.17, 15) is 19.5 Å². The van der Waals surface area contributed by atoms with Gasteiger partial charge in [0.1, 0.15) is 12.6 Å². The lowest BCUT2D eigenvalue weighted by Crippen LogP contribution is -2.55. The summed E-state index contributed by atoms with van der Waals surface area (Å²) in [4.78, 5) is 37.1. The van der Waals surface area contributed by atoms with Gasteiger partial charge in [0.05, 0.1) is 40.3 Å². The summed E-state index contributed by atoms with van der Waals surface area (Å²) in [5.74, 6) is -1.74. The summed E-state index contributed by atoms with van der Waals surface area (Å²) in [5.41, 5.74) is 0. The van der Waals surface area contributed by atoms with Crippen molar-refractivity contribution in [3.63, 3.8) is 0 Å². The SMILES string of the molecule is CC/C=C/C/C=C/C/C=C/CCCCCCCCCCCC(=O)OC(COCCC(C(=O)[O-])[N+](C)(C)C)COC(=O)CCCCCCCCC/C=C/CCCCCCCCCCCCCC. The van der Waals surface area contributed by atoms with Crippen molar-refractivity contribution in [3.05, 3.63) is 48.6 Å². The van der Waals surface area contributed by atoms with Crippen LogP contribution in [0.25, 0.3) is 0 Å². The van der Waals surface area contributed by atoms with Gasteiger partial charge in [-0.2, -0.15) is 0 Å². The molecular formula is C58H105NO7. The van der Waals surface area contributed by atoms with E-state index in [0.717, 1.165) is 64.2 Å². The fourth-order valence-corrected chi connectivity index (χ4v) is 8.20. The first kappa shape index (κ1) is 63.3. The predicted octanol–water partition coefficient (Wildman–Crippen LogP) is 15.0. The highest BCUT2D eigenvalue weighted by Gasteiger charge is 2.25. The largest absolute Gasteiger partial charge is 0.544 e. The van der Waals surface area contributed by atoms with E-state index < -0.39 is 18.1 Å². The molecule has 0 saturated carbocycles. The molecule has 0 aliphatic carbocycles. The topological polar surface area (TPSA) is 102 Å². The molecule has 0 N–H and O–H groups in total. The second-order valence-electron chi connectivity index (χ2n) is 19.8. The van der Waals surface area contributed by atoms with Gasteiger partial charge in [0.15, 0.2) is 6.10 Å². The number of hydrogen-bond acceptors (Lipinski definition) is 7. The number of ether oxygens (including phenoxy) is 3. The number of unbranched alkanes of at least 4 members (excludes halogenated alkanes) is 28. The average molecular weight is 928 g/mol. The molecule has 0 amide bonds. The van der Waals surface area contributed by atoms with Gasteiger partial charge in [0.2, 0.25) is 0 Å². The van der Waals surface area contributed by atoms with Gasteiger partial charge in [-0.15, -0.1) is 0 Å². The zero-order chi connectivity index (χ0) is 48.4. The molecule has 8 nitrogen and oxygen atoms in total. The van der Waals surface area contributed by atoms with E-state index in [1.54, 1.807) is 21.1 Å². The Hall–Kier alpha value is -2.71. The molecule has 0 fully saturated rings. The van der Waals surface area contributed by atoms with Gasteiger partial charge >= 0.3 is 11.9 Å². The smallest absolute Gasteiger partial charge is 0.306 e. The van der Waals surface area contributed by atoms with Crippen molar-refractivity contribution in [1.82, 2.24) is 0 Å². The first-order valence-corrected chi connectivity index (χ1v) is 27.7. The van der Waals surface area contributed by atoms with Crippen LogP contribution in [0, 0.1) is 0 Å². The van der Waals surface area contributed by atoms with Crippen molar-refractivity contribution in [2.24, 2.45) is 0 Å². The third-order valence-electron chi connectivity index (χ3n) is 12.4. The second-order valence-corrected chi connectivity index (χ2v) is 19.8. The van der Waals surface area contributed by atoms with Crippen molar-refractivity contribution >= 4 is 17.9 Å². The molecule has 0 aliphatic rings. The van der Waals surface area contributed by atoms with Gasteiger partial charge in [-0.1, -0.05) is 210 Å². The van der Waals surface area contributed by atoms with Crippen LogP contribution in [0.4, 0.5) is 0 Å². The van der Waals surface area contributed by atoms with E-state index in [-0.39, 0.29) is 42.7 Å². The molecule has 0 aliphatic heterocycles. The highest BCUT2D eigenvalue weighted by atomic mass is 16.6. The molecule has 0 bridgehead atoms. The quantitative estimate of drug-likeness (QED) is 0.0259. The molecule has 0 aromatic heterocycles.